The van der Waals surface area contributed by atoms with Crippen LogP contribution in [0.1, 0.15) is 62.3 Å². The zero-order chi connectivity index (χ0) is 31.3. The lowest BCUT2D eigenvalue weighted by Crippen LogP contribution is -2.53. The van der Waals surface area contributed by atoms with E-state index in [1.807, 2.05) is 47.4 Å². The Morgan fingerprint density at radius 2 is 1.66 bits per heavy atom. The number of nitrogens with one attached hydrogen (secondary N) is 2. The summed E-state index contributed by atoms with van der Waals surface area (Å²) in [5.41, 5.74) is 3.45. The third-order valence-electron chi connectivity index (χ3n) is 9.40. The average Bonchev–Trinajstić information content (AvgIpc) is 3.49. The molecule has 44 heavy (non-hydrogen) atoms. The number of benzene rings is 2. The number of carbonyl (C=O) groups excluding carboxylic acids is 2. The SMILES string of the molecule is CC(C)CN(C1CCN(S(C)(=O)=O)CC1)[C@@H]1CCN(C(=O)[C@@H](Cc2ccccc2)NC(=O)CC2NCCc3ccccc32)C1. The Labute approximate surface area is 263 Å². The summed E-state index contributed by atoms with van der Waals surface area (Å²) in [7, 11) is -3.18. The van der Waals surface area contributed by atoms with Gasteiger partial charge in [-0.1, -0.05) is 68.4 Å². The number of sulfonamides is 1. The summed E-state index contributed by atoms with van der Waals surface area (Å²) >= 11 is 0. The van der Waals surface area contributed by atoms with Gasteiger partial charge in [-0.05, 0) is 54.8 Å². The maximum atomic E-state index is 14.1. The summed E-state index contributed by atoms with van der Waals surface area (Å²) < 4.78 is 25.8. The average molecular weight is 624 g/mol. The van der Waals surface area contributed by atoms with E-state index in [-0.39, 0.29) is 30.3 Å². The highest BCUT2D eigenvalue weighted by Gasteiger charge is 2.38. The van der Waals surface area contributed by atoms with Crippen molar-refractivity contribution in [3.63, 3.8) is 0 Å². The summed E-state index contributed by atoms with van der Waals surface area (Å²) in [6, 6.07) is 18.0. The van der Waals surface area contributed by atoms with Crippen molar-refractivity contribution in [1.29, 1.82) is 0 Å². The van der Waals surface area contributed by atoms with Crippen molar-refractivity contribution >= 4 is 21.8 Å². The van der Waals surface area contributed by atoms with E-state index in [0.29, 0.717) is 44.6 Å². The molecule has 3 atom stereocenters. The Kier molecular flexibility index (Phi) is 10.8. The second kappa shape index (κ2) is 14.5. The van der Waals surface area contributed by atoms with Crippen molar-refractivity contribution in [2.45, 2.75) is 76.5 Å². The molecule has 240 valence electrons. The van der Waals surface area contributed by atoms with E-state index in [9.17, 15) is 18.0 Å². The summed E-state index contributed by atoms with van der Waals surface area (Å²) in [5.74, 6) is 0.303. The molecule has 2 saturated heterocycles. The Hall–Kier alpha value is -2.79. The maximum Gasteiger partial charge on any atom is 0.245 e. The molecule has 1 unspecified atom stereocenters. The molecule has 2 fully saturated rings. The molecule has 0 aromatic heterocycles. The van der Waals surface area contributed by atoms with Gasteiger partial charge in [0.2, 0.25) is 21.8 Å². The van der Waals surface area contributed by atoms with Crippen molar-refractivity contribution in [3.05, 3.63) is 71.3 Å². The Morgan fingerprint density at radius 3 is 2.36 bits per heavy atom. The van der Waals surface area contributed by atoms with Gasteiger partial charge < -0.3 is 15.5 Å². The summed E-state index contributed by atoms with van der Waals surface area (Å²) in [4.78, 5) is 32.0. The third-order valence-corrected chi connectivity index (χ3v) is 10.7. The zero-order valence-corrected chi connectivity index (χ0v) is 27.3. The highest BCUT2D eigenvalue weighted by molar-refractivity contribution is 7.88. The Bertz CT molecular complexity index is 1380. The molecule has 3 heterocycles. The van der Waals surface area contributed by atoms with Crippen molar-refractivity contribution in [3.8, 4) is 0 Å². The van der Waals surface area contributed by atoms with Gasteiger partial charge in [0.15, 0.2) is 0 Å². The van der Waals surface area contributed by atoms with Crippen LogP contribution in [0.5, 0.6) is 0 Å². The molecule has 2 aromatic rings. The fourth-order valence-corrected chi connectivity index (χ4v) is 8.09. The molecule has 10 heteroatoms. The molecule has 3 aliphatic rings. The Morgan fingerprint density at radius 1 is 0.977 bits per heavy atom. The van der Waals surface area contributed by atoms with E-state index < -0.39 is 16.1 Å². The maximum absolute atomic E-state index is 14.1. The lowest BCUT2D eigenvalue weighted by molar-refractivity contribution is -0.136. The van der Waals surface area contributed by atoms with Crippen molar-refractivity contribution in [2.24, 2.45) is 5.92 Å². The summed E-state index contributed by atoms with van der Waals surface area (Å²) in [6.07, 6.45) is 5.44. The lowest BCUT2D eigenvalue weighted by Gasteiger charge is -2.41. The minimum absolute atomic E-state index is 0.0295. The van der Waals surface area contributed by atoms with Crippen LogP contribution in [-0.4, -0.2) is 98.0 Å². The number of piperidine rings is 1. The highest BCUT2D eigenvalue weighted by atomic mass is 32.2. The van der Waals surface area contributed by atoms with Crippen LogP contribution < -0.4 is 10.6 Å². The van der Waals surface area contributed by atoms with Crippen molar-refractivity contribution in [2.75, 3.05) is 45.5 Å². The third kappa shape index (κ3) is 8.27. The smallest absolute Gasteiger partial charge is 0.245 e. The summed E-state index contributed by atoms with van der Waals surface area (Å²) in [6.45, 7) is 8.52. The first-order valence-electron chi connectivity index (χ1n) is 16.2. The molecule has 9 nitrogen and oxygen atoms in total. The predicted molar refractivity (Wildman–Crippen MR) is 174 cm³/mol. The van der Waals surface area contributed by atoms with E-state index in [1.54, 1.807) is 4.31 Å². The van der Waals surface area contributed by atoms with Gasteiger partial charge in [-0.3, -0.25) is 14.5 Å². The van der Waals surface area contributed by atoms with E-state index in [2.05, 4.69) is 41.5 Å². The molecule has 2 amide bonds. The number of nitrogens with zero attached hydrogens (tertiary/aromatic N) is 3. The second-order valence-corrected chi connectivity index (χ2v) is 15.2. The molecule has 0 radical (unpaired) electrons. The molecule has 0 aliphatic carbocycles. The number of fused-ring (bicyclic) bond motifs is 1. The minimum atomic E-state index is -3.18. The van der Waals surface area contributed by atoms with Gasteiger partial charge in [-0.15, -0.1) is 0 Å². The topological polar surface area (TPSA) is 102 Å². The van der Waals surface area contributed by atoms with E-state index >= 15 is 0 Å². The lowest BCUT2D eigenvalue weighted by atomic mass is 9.92. The number of carbonyl (C=O) groups is 2. The van der Waals surface area contributed by atoms with Gasteiger partial charge in [0.25, 0.3) is 0 Å². The van der Waals surface area contributed by atoms with Crippen LogP contribution in [0.25, 0.3) is 0 Å². The van der Waals surface area contributed by atoms with Gasteiger partial charge in [0.05, 0.1) is 6.26 Å². The first kappa shape index (κ1) is 32.6. The number of amides is 2. The molecular weight excluding hydrogens is 574 g/mol. The van der Waals surface area contributed by atoms with Crippen molar-refractivity contribution in [1.82, 2.24) is 24.7 Å². The molecule has 0 spiro atoms. The van der Waals surface area contributed by atoms with Gasteiger partial charge >= 0.3 is 0 Å². The van der Waals surface area contributed by atoms with Crippen LogP contribution in [0.4, 0.5) is 0 Å². The molecule has 0 saturated carbocycles. The molecule has 5 rings (SSSR count). The normalized spacial score (nSPS) is 22.2. The number of hydrogen-bond donors (Lipinski definition) is 2. The van der Waals surface area contributed by atoms with Crippen LogP contribution in [0.2, 0.25) is 0 Å². The fraction of sp³-hybridized carbons (Fsp3) is 0.588. The van der Waals surface area contributed by atoms with E-state index in [0.717, 1.165) is 49.9 Å². The molecular formula is C34H49N5O4S. The van der Waals surface area contributed by atoms with E-state index in [4.69, 9.17) is 0 Å². The van der Waals surface area contributed by atoms with E-state index in [1.165, 1.54) is 11.8 Å². The monoisotopic (exact) mass is 623 g/mol. The fourth-order valence-electron chi connectivity index (χ4n) is 7.22. The number of hydrogen-bond acceptors (Lipinski definition) is 6. The standard InChI is InChI=1S/C34H49N5O4S/c1-25(2)23-39(28-15-19-38(20-16-28)44(3,42)43)29-14-18-37(24-29)34(41)32(21-26-9-5-4-6-10-26)36-33(40)22-31-30-12-8-7-11-27(30)13-17-35-31/h4-12,25,28-29,31-32,35H,13-24H2,1-3H3,(H,36,40)/t29-,31?,32-/m1/s1. The predicted octanol–water partition coefficient (Wildman–Crippen LogP) is 2.97. The first-order valence-corrected chi connectivity index (χ1v) is 18.1. The minimum Gasteiger partial charge on any atom is -0.344 e. The van der Waals surface area contributed by atoms with Crippen LogP contribution in [0.15, 0.2) is 54.6 Å². The van der Waals surface area contributed by atoms with Crippen LogP contribution in [0, 0.1) is 5.92 Å². The van der Waals surface area contributed by atoms with Crippen LogP contribution in [-0.2, 0) is 32.5 Å². The molecule has 2 aromatic carbocycles. The summed E-state index contributed by atoms with van der Waals surface area (Å²) in [5, 5.41) is 6.62. The zero-order valence-electron chi connectivity index (χ0n) is 26.5. The quantitative estimate of drug-likeness (QED) is 0.399. The van der Waals surface area contributed by atoms with Gasteiger partial charge in [-0.2, -0.15) is 0 Å². The first-order chi connectivity index (χ1) is 21.1. The number of rotatable bonds is 11. The molecule has 0 bridgehead atoms. The number of likely N-dealkylation sites (tertiary alicyclic amines) is 1. The van der Waals surface area contributed by atoms with Crippen LogP contribution >= 0.6 is 0 Å². The largest absolute Gasteiger partial charge is 0.344 e. The highest BCUT2D eigenvalue weighted by Crippen LogP contribution is 2.28. The van der Waals surface area contributed by atoms with Crippen molar-refractivity contribution < 1.29 is 18.0 Å². The molecule has 3 aliphatic heterocycles. The van der Waals surface area contributed by atoms with Gasteiger partial charge in [0, 0.05) is 63.7 Å². The second-order valence-electron chi connectivity index (χ2n) is 13.2. The van der Waals surface area contributed by atoms with Gasteiger partial charge in [-0.25, -0.2) is 12.7 Å². The molecule has 2 N–H and O–H groups in total. The Balaban J connectivity index is 1.26. The van der Waals surface area contributed by atoms with Crippen LogP contribution in [0.3, 0.4) is 0 Å². The van der Waals surface area contributed by atoms with Gasteiger partial charge in [0.1, 0.15) is 6.04 Å².